The number of aryl methyl sites for hydroxylation is 1. The van der Waals surface area contributed by atoms with Crippen molar-refractivity contribution >= 4 is 5.91 Å². The summed E-state index contributed by atoms with van der Waals surface area (Å²) >= 11 is 0. The summed E-state index contributed by atoms with van der Waals surface area (Å²) in [5.74, 6) is 1.44. The van der Waals surface area contributed by atoms with E-state index in [1.165, 1.54) is 5.56 Å². The SMILES string of the molecule is Cc1ncc2c(n1)CC1CCC2N1C(=O)c1ccc(C(C)C)cc1. The summed E-state index contributed by atoms with van der Waals surface area (Å²) in [6.07, 6.45) is 4.84. The molecule has 4 nitrogen and oxygen atoms in total. The Morgan fingerprint density at radius 1 is 1.21 bits per heavy atom. The van der Waals surface area contributed by atoms with E-state index in [2.05, 4.69) is 40.8 Å². The van der Waals surface area contributed by atoms with Gasteiger partial charge in [0.1, 0.15) is 5.82 Å². The highest BCUT2D eigenvalue weighted by atomic mass is 16.2. The molecule has 0 saturated carbocycles. The molecule has 2 unspecified atom stereocenters. The molecule has 2 aliphatic heterocycles. The van der Waals surface area contributed by atoms with Gasteiger partial charge in [0.15, 0.2) is 0 Å². The molecule has 4 rings (SSSR count). The lowest BCUT2D eigenvalue weighted by molar-refractivity contribution is 0.0643. The second-order valence-electron chi connectivity index (χ2n) is 7.26. The van der Waals surface area contributed by atoms with Gasteiger partial charge in [-0.3, -0.25) is 4.79 Å². The maximum atomic E-state index is 13.1. The van der Waals surface area contributed by atoms with Crippen LogP contribution >= 0.6 is 0 Å². The fourth-order valence-electron chi connectivity index (χ4n) is 4.05. The molecule has 1 amide bonds. The largest absolute Gasteiger partial charge is 0.328 e. The van der Waals surface area contributed by atoms with Crippen molar-refractivity contribution in [3.8, 4) is 0 Å². The minimum Gasteiger partial charge on any atom is -0.328 e. The standard InChI is InChI=1S/C20H23N3O/c1-12(2)14-4-6-15(7-5-14)20(24)23-16-8-9-19(23)17-11-21-13(3)22-18(17)10-16/h4-7,11-12,16,19H,8-10H2,1-3H3. The number of carbonyl (C=O) groups excluding carboxylic acids is 1. The highest BCUT2D eigenvalue weighted by Crippen LogP contribution is 2.43. The maximum Gasteiger partial charge on any atom is 0.254 e. The van der Waals surface area contributed by atoms with Crippen LogP contribution in [0.3, 0.4) is 0 Å². The molecule has 4 heteroatoms. The number of amides is 1. The van der Waals surface area contributed by atoms with Crippen LogP contribution < -0.4 is 0 Å². The quantitative estimate of drug-likeness (QED) is 0.845. The van der Waals surface area contributed by atoms with Crippen molar-refractivity contribution in [1.82, 2.24) is 14.9 Å². The third-order valence-corrected chi connectivity index (χ3v) is 5.37. The molecule has 0 spiro atoms. The van der Waals surface area contributed by atoms with Crippen LogP contribution in [-0.2, 0) is 6.42 Å². The van der Waals surface area contributed by atoms with E-state index in [4.69, 9.17) is 0 Å². The van der Waals surface area contributed by atoms with Gasteiger partial charge in [-0.1, -0.05) is 26.0 Å². The van der Waals surface area contributed by atoms with Crippen molar-refractivity contribution in [3.63, 3.8) is 0 Å². The second kappa shape index (κ2) is 5.69. The molecule has 24 heavy (non-hydrogen) atoms. The normalized spacial score (nSPS) is 21.9. The van der Waals surface area contributed by atoms with E-state index < -0.39 is 0 Å². The maximum absolute atomic E-state index is 13.1. The van der Waals surface area contributed by atoms with Gasteiger partial charge in [-0.2, -0.15) is 0 Å². The Morgan fingerprint density at radius 2 is 1.96 bits per heavy atom. The zero-order chi connectivity index (χ0) is 16.8. The van der Waals surface area contributed by atoms with Crippen LogP contribution in [-0.4, -0.2) is 26.8 Å². The summed E-state index contributed by atoms with van der Waals surface area (Å²) < 4.78 is 0. The zero-order valence-electron chi connectivity index (χ0n) is 14.5. The fraction of sp³-hybridized carbons (Fsp3) is 0.450. The van der Waals surface area contributed by atoms with Crippen LogP contribution in [0.5, 0.6) is 0 Å². The van der Waals surface area contributed by atoms with Crippen molar-refractivity contribution in [2.75, 3.05) is 0 Å². The summed E-state index contributed by atoms with van der Waals surface area (Å²) in [6.45, 7) is 6.26. The summed E-state index contributed by atoms with van der Waals surface area (Å²) in [7, 11) is 0. The molecule has 1 fully saturated rings. The first-order valence-corrected chi connectivity index (χ1v) is 8.79. The third-order valence-electron chi connectivity index (χ3n) is 5.37. The summed E-state index contributed by atoms with van der Waals surface area (Å²) in [6, 6.07) is 8.50. The number of aromatic nitrogens is 2. The van der Waals surface area contributed by atoms with Gasteiger partial charge in [-0.25, -0.2) is 9.97 Å². The smallest absolute Gasteiger partial charge is 0.254 e. The minimum atomic E-state index is 0.136. The first-order chi connectivity index (χ1) is 11.5. The van der Waals surface area contributed by atoms with Crippen molar-refractivity contribution < 1.29 is 4.79 Å². The number of carbonyl (C=O) groups is 1. The predicted octanol–water partition coefficient (Wildman–Crippen LogP) is 3.81. The topological polar surface area (TPSA) is 46.1 Å². The number of nitrogens with zero attached hydrogens (tertiary/aromatic N) is 3. The van der Waals surface area contributed by atoms with Crippen molar-refractivity contribution in [3.05, 3.63) is 58.7 Å². The molecule has 124 valence electrons. The molecule has 0 N–H and O–H groups in total. The van der Waals surface area contributed by atoms with E-state index in [1.807, 2.05) is 25.3 Å². The first kappa shape index (κ1) is 15.3. The Kier molecular flexibility index (Phi) is 3.63. The second-order valence-corrected chi connectivity index (χ2v) is 7.26. The lowest BCUT2D eigenvalue weighted by Gasteiger charge is -2.35. The van der Waals surface area contributed by atoms with Crippen molar-refractivity contribution in [2.24, 2.45) is 0 Å². The monoisotopic (exact) mass is 321 g/mol. The molecular formula is C20H23N3O. The molecule has 0 aliphatic carbocycles. The highest BCUT2D eigenvalue weighted by molar-refractivity contribution is 5.95. The Balaban J connectivity index is 1.65. The van der Waals surface area contributed by atoms with E-state index in [9.17, 15) is 4.79 Å². The van der Waals surface area contributed by atoms with Crippen LogP contribution in [0.4, 0.5) is 0 Å². The van der Waals surface area contributed by atoms with Crippen molar-refractivity contribution in [2.45, 2.75) is 58.0 Å². The molecule has 2 bridgehead atoms. The van der Waals surface area contributed by atoms with Crippen LogP contribution in [0.1, 0.15) is 71.7 Å². The molecule has 1 aromatic carbocycles. The number of rotatable bonds is 2. The van der Waals surface area contributed by atoms with Crippen LogP contribution in [0.15, 0.2) is 30.5 Å². The van der Waals surface area contributed by atoms with Gasteiger partial charge in [0, 0.05) is 29.8 Å². The highest BCUT2D eigenvalue weighted by Gasteiger charge is 2.43. The number of hydrogen-bond donors (Lipinski definition) is 0. The zero-order valence-corrected chi connectivity index (χ0v) is 14.5. The third kappa shape index (κ3) is 2.41. The van der Waals surface area contributed by atoms with E-state index in [1.54, 1.807) is 0 Å². The van der Waals surface area contributed by atoms with Gasteiger partial charge in [0.25, 0.3) is 5.91 Å². The number of benzene rings is 1. The molecule has 1 saturated heterocycles. The average Bonchev–Trinajstić information content (AvgIpc) is 2.89. The van der Waals surface area contributed by atoms with Crippen LogP contribution in [0, 0.1) is 6.92 Å². The average molecular weight is 321 g/mol. The Bertz CT molecular complexity index is 782. The molecule has 0 radical (unpaired) electrons. The Labute approximate surface area is 142 Å². The molecule has 2 aliphatic rings. The number of hydrogen-bond acceptors (Lipinski definition) is 3. The minimum absolute atomic E-state index is 0.136. The van der Waals surface area contributed by atoms with Gasteiger partial charge < -0.3 is 4.90 Å². The molecule has 3 heterocycles. The van der Waals surface area contributed by atoms with E-state index >= 15 is 0 Å². The van der Waals surface area contributed by atoms with Gasteiger partial charge >= 0.3 is 0 Å². The van der Waals surface area contributed by atoms with Crippen LogP contribution in [0.2, 0.25) is 0 Å². The first-order valence-electron chi connectivity index (χ1n) is 8.79. The molecular weight excluding hydrogens is 298 g/mol. The summed E-state index contributed by atoms with van der Waals surface area (Å²) in [5, 5.41) is 0. The number of fused-ring (bicyclic) bond motifs is 4. The van der Waals surface area contributed by atoms with Gasteiger partial charge in [-0.05, 0) is 43.4 Å². The molecule has 2 aromatic rings. The van der Waals surface area contributed by atoms with Crippen molar-refractivity contribution in [1.29, 1.82) is 0 Å². The van der Waals surface area contributed by atoms with E-state index in [0.717, 1.165) is 41.9 Å². The lowest BCUT2D eigenvalue weighted by atomic mass is 9.97. The van der Waals surface area contributed by atoms with Gasteiger partial charge in [0.2, 0.25) is 0 Å². The molecule has 2 atom stereocenters. The summed E-state index contributed by atoms with van der Waals surface area (Å²) in [4.78, 5) is 24.1. The van der Waals surface area contributed by atoms with Gasteiger partial charge in [0.05, 0.1) is 11.7 Å². The molecule has 1 aromatic heterocycles. The van der Waals surface area contributed by atoms with E-state index in [-0.39, 0.29) is 18.0 Å². The van der Waals surface area contributed by atoms with E-state index in [0.29, 0.717) is 5.92 Å². The Hall–Kier alpha value is -2.23. The predicted molar refractivity (Wildman–Crippen MR) is 92.9 cm³/mol. The Morgan fingerprint density at radius 3 is 2.67 bits per heavy atom. The lowest BCUT2D eigenvalue weighted by Crippen LogP contribution is -2.42. The fourth-order valence-corrected chi connectivity index (χ4v) is 4.05. The van der Waals surface area contributed by atoms with Crippen LogP contribution in [0.25, 0.3) is 0 Å². The summed E-state index contributed by atoms with van der Waals surface area (Å²) in [5.41, 5.74) is 4.32. The van der Waals surface area contributed by atoms with Gasteiger partial charge in [-0.15, -0.1) is 0 Å².